The smallest absolute Gasteiger partial charge is 0.322 e. The number of halogens is 3. The van der Waals surface area contributed by atoms with Gasteiger partial charge in [-0.05, 0) is 11.6 Å². The van der Waals surface area contributed by atoms with Gasteiger partial charge in [0, 0.05) is 21.4 Å². The van der Waals surface area contributed by atoms with Gasteiger partial charge in [-0.25, -0.2) is 16.8 Å². The molecule has 0 saturated carbocycles. The number of rotatable bonds is 4. The summed E-state index contributed by atoms with van der Waals surface area (Å²) < 4.78 is 44.0. The topological polar surface area (TPSA) is 112 Å². The summed E-state index contributed by atoms with van der Waals surface area (Å²) in [5, 5.41) is -0.972. The number of methoxy groups -OCH3 is 1. The van der Waals surface area contributed by atoms with Crippen LogP contribution in [0.1, 0.15) is 0 Å². The van der Waals surface area contributed by atoms with E-state index in [4.69, 9.17) is 0 Å². The second-order valence-corrected chi connectivity index (χ2v) is 8.27. The molecular weight excluding hydrogens is 343 g/mol. The van der Waals surface area contributed by atoms with Crippen LogP contribution in [0.15, 0.2) is 0 Å². The third kappa shape index (κ3) is 21.7. The Kier molecular flexibility index (Phi) is 9.16. The van der Waals surface area contributed by atoms with Crippen LogP contribution in [0.5, 0.6) is 0 Å². The molecule has 0 aliphatic rings. The lowest BCUT2D eigenvalue weighted by Crippen LogP contribution is -2.12. The molecule has 17 heavy (non-hydrogen) atoms. The number of hydrogen-bond acceptors (Lipinski definition) is 7. The number of esters is 1. The zero-order valence-electron chi connectivity index (χ0n) is 8.22. The van der Waals surface area contributed by atoms with Crippen LogP contribution in [0.2, 0.25) is 0 Å². The molecule has 0 atom stereocenters. The van der Waals surface area contributed by atoms with Crippen LogP contribution in [0, 0.1) is 0 Å². The second-order valence-electron chi connectivity index (χ2n) is 2.30. The maximum Gasteiger partial charge on any atom is 0.322 e. The fraction of sp³-hybridized carbons (Fsp3) is 0.600. The van der Waals surface area contributed by atoms with Gasteiger partial charge in [-0.15, -0.1) is 0 Å². The predicted molar refractivity (Wildman–Crippen MR) is 62.2 cm³/mol. The maximum absolute atomic E-state index is 10.1. The number of carbonyl (C=O) groups excluding carboxylic acids is 2. The highest BCUT2D eigenvalue weighted by Crippen LogP contribution is 1.97. The molecule has 0 N–H and O–H groups in total. The molecule has 102 valence electrons. The summed E-state index contributed by atoms with van der Waals surface area (Å²) in [6.07, 6.45) is 0. The van der Waals surface area contributed by atoms with Crippen molar-refractivity contribution in [2.24, 2.45) is 0 Å². The normalized spacial score (nSPS) is 11.1. The molecule has 0 aliphatic carbocycles. The van der Waals surface area contributed by atoms with E-state index >= 15 is 0 Å². The van der Waals surface area contributed by atoms with Crippen molar-refractivity contribution < 1.29 is 31.2 Å². The zero-order chi connectivity index (χ0) is 14.3. The fourth-order valence-electron chi connectivity index (χ4n) is 0.335. The van der Waals surface area contributed by atoms with Crippen LogP contribution in [0.25, 0.3) is 0 Å². The molecule has 0 saturated heterocycles. The molecule has 0 fully saturated rings. The first-order valence-corrected chi connectivity index (χ1v) is 8.80. The van der Waals surface area contributed by atoms with Gasteiger partial charge in [-0.1, -0.05) is 0 Å². The van der Waals surface area contributed by atoms with Crippen molar-refractivity contribution in [1.29, 1.82) is 0 Å². The van der Waals surface area contributed by atoms with E-state index in [1.165, 1.54) is 0 Å². The Balaban J connectivity index is 0. The van der Waals surface area contributed by atoms with Crippen molar-refractivity contribution in [3.05, 3.63) is 0 Å². The van der Waals surface area contributed by atoms with E-state index in [-0.39, 0.29) is 0 Å². The SMILES string of the molecule is COC(=O)CS(=O)(=O)Cl.O=C(Cl)CS(=O)(=O)Cl. The molecule has 0 aromatic rings. The second kappa shape index (κ2) is 8.09. The Hall–Kier alpha value is -0.0900. The molecule has 12 heteroatoms. The van der Waals surface area contributed by atoms with Gasteiger partial charge < -0.3 is 4.74 Å². The average molecular weight is 350 g/mol. The lowest BCUT2D eigenvalue weighted by Gasteiger charge is -1.92. The van der Waals surface area contributed by atoms with E-state index in [1.807, 2.05) is 0 Å². The molecule has 0 bridgehead atoms. The van der Waals surface area contributed by atoms with Gasteiger partial charge in [0.15, 0.2) is 5.75 Å². The number of hydrogen-bond donors (Lipinski definition) is 0. The first kappa shape index (κ1) is 19.3. The Bertz CT molecular complexity index is 466. The third-order valence-electron chi connectivity index (χ3n) is 0.804. The number of carbonyl (C=O) groups is 2. The number of ether oxygens (including phenoxy) is 1. The van der Waals surface area contributed by atoms with Gasteiger partial charge in [-0.3, -0.25) is 9.59 Å². The average Bonchev–Trinajstić information content (AvgIpc) is 1.96. The lowest BCUT2D eigenvalue weighted by atomic mass is 10.8. The van der Waals surface area contributed by atoms with E-state index in [0.29, 0.717) is 0 Å². The van der Waals surface area contributed by atoms with Crippen molar-refractivity contribution in [2.45, 2.75) is 0 Å². The van der Waals surface area contributed by atoms with E-state index in [0.717, 1.165) is 7.11 Å². The van der Waals surface area contributed by atoms with Crippen LogP contribution in [0.4, 0.5) is 0 Å². The van der Waals surface area contributed by atoms with Gasteiger partial charge in [0.2, 0.25) is 23.3 Å². The van der Waals surface area contributed by atoms with Crippen molar-refractivity contribution >= 4 is 62.3 Å². The van der Waals surface area contributed by atoms with Crippen molar-refractivity contribution in [3.63, 3.8) is 0 Å². The summed E-state index contributed by atoms with van der Waals surface area (Å²) in [7, 11) is 2.89. The molecule has 0 heterocycles. The van der Waals surface area contributed by atoms with E-state index in [9.17, 15) is 26.4 Å². The lowest BCUT2D eigenvalue weighted by molar-refractivity contribution is -0.137. The summed E-state index contributed by atoms with van der Waals surface area (Å²) in [6, 6.07) is 0. The summed E-state index contributed by atoms with van der Waals surface area (Å²) in [6.45, 7) is 0. The minimum atomic E-state index is -3.74. The molecule has 0 unspecified atom stereocenters. The predicted octanol–water partition coefficient (Wildman–Crippen LogP) is 0.0484. The third-order valence-corrected chi connectivity index (χ3v) is 2.94. The highest BCUT2D eigenvalue weighted by molar-refractivity contribution is 8.14. The van der Waals surface area contributed by atoms with E-state index in [1.54, 1.807) is 0 Å². The monoisotopic (exact) mass is 348 g/mol. The van der Waals surface area contributed by atoms with Gasteiger partial charge >= 0.3 is 5.97 Å². The van der Waals surface area contributed by atoms with Crippen molar-refractivity contribution in [2.75, 3.05) is 18.6 Å². The summed E-state index contributed by atoms with van der Waals surface area (Å²) in [5.41, 5.74) is 0. The largest absolute Gasteiger partial charge is 0.468 e. The Labute approximate surface area is 112 Å². The minimum Gasteiger partial charge on any atom is -0.468 e. The molecule has 0 radical (unpaired) electrons. The standard InChI is InChI=1S/C3H5ClO4S.C2H2Cl2O3S/c1-8-3(5)2-9(4,6)7;3-2(5)1-8(4,6)7/h2H2,1H3;1H2. The van der Waals surface area contributed by atoms with Gasteiger partial charge in [0.1, 0.15) is 5.75 Å². The van der Waals surface area contributed by atoms with Gasteiger partial charge in [0.25, 0.3) is 0 Å². The molecule has 0 spiro atoms. The van der Waals surface area contributed by atoms with Crippen LogP contribution >= 0.6 is 33.0 Å². The molecule has 0 aromatic carbocycles. The Morgan fingerprint density at radius 2 is 1.35 bits per heavy atom. The Morgan fingerprint density at radius 3 is 1.41 bits per heavy atom. The summed E-state index contributed by atoms with van der Waals surface area (Å²) in [5.74, 6) is -2.44. The maximum atomic E-state index is 10.1. The molecule has 0 aromatic heterocycles. The highest BCUT2D eigenvalue weighted by atomic mass is 35.7. The quantitative estimate of drug-likeness (QED) is 0.520. The molecular formula is C5H7Cl3O7S2. The highest BCUT2D eigenvalue weighted by Gasteiger charge is 2.12. The first-order valence-electron chi connectivity index (χ1n) is 3.47. The Morgan fingerprint density at radius 1 is 1.00 bits per heavy atom. The van der Waals surface area contributed by atoms with Crippen LogP contribution in [-0.4, -0.2) is 46.7 Å². The first-order chi connectivity index (χ1) is 7.37. The van der Waals surface area contributed by atoms with Crippen molar-refractivity contribution in [1.82, 2.24) is 0 Å². The molecule has 7 nitrogen and oxygen atoms in total. The van der Waals surface area contributed by atoms with Crippen molar-refractivity contribution in [3.8, 4) is 0 Å². The van der Waals surface area contributed by atoms with Crippen LogP contribution < -0.4 is 0 Å². The minimum absolute atomic E-state index is 0.773. The summed E-state index contributed by atoms with van der Waals surface area (Å²) >= 11 is 4.66. The van der Waals surface area contributed by atoms with Crippen LogP contribution in [-0.2, 0) is 32.4 Å². The summed E-state index contributed by atoms with van der Waals surface area (Å²) in [4.78, 5) is 19.9. The van der Waals surface area contributed by atoms with E-state index < -0.39 is 40.8 Å². The molecule has 0 aliphatic heterocycles. The van der Waals surface area contributed by atoms with E-state index in [2.05, 4.69) is 37.7 Å². The van der Waals surface area contributed by atoms with Crippen LogP contribution in [0.3, 0.4) is 0 Å². The van der Waals surface area contributed by atoms with Gasteiger partial charge in [0.05, 0.1) is 7.11 Å². The molecule has 0 amide bonds. The molecule has 0 rings (SSSR count). The zero-order valence-corrected chi connectivity index (χ0v) is 12.1. The van der Waals surface area contributed by atoms with Gasteiger partial charge in [-0.2, -0.15) is 0 Å². The fourth-order valence-corrected chi connectivity index (χ4v) is 2.17.